The Morgan fingerprint density at radius 3 is 2.62 bits per heavy atom. The van der Waals surface area contributed by atoms with Gasteiger partial charge < -0.3 is 10.2 Å². The molecular weight excluding hydrogens is 435 g/mol. The van der Waals surface area contributed by atoms with Crippen LogP contribution in [0.2, 0.25) is 0 Å². The third-order valence-corrected chi connectivity index (χ3v) is 7.14. The third kappa shape index (κ3) is 4.57. The quantitative estimate of drug-likeness (QED) is 0.518. The lowest BCUT2D eigenvalue weighted by atomic mass is 10.1. The van der Waals surface area contributed by atoms with Gasteiger partial charge in [-0.25, -0.2) is 28.1 Å². The van der Waals surface area contributed by atoms with Gasteiger partial charge in [-0.2, -0.15) is 10.5 Å². The molecule has 0 spiro atoms. The first kappa shape index (κ1) is 22.5. The van der Waals surface area contributed by atoms with Gasteiger partial charge in [0, 0.05) is 36.7 Å². The van der Waals surface area contributed by atoms with Gasteiger partial charge in [0.25, 0.3) is 6.43 Å². The maximum atomic E-state index is 14.5. The molecule has 32 heavy (non-hydrogen) atoms. The number of anilines is 2. The molecule has 0 atom stereocenters. The Labute approximate surface area is 188 Å². The van der Waals surface area contributed by atoms with E-state index in [4.69, 9.17) is 4.98 Å². The lowest BCUT2D eigenvalue weighted by Gasteiger charge is -2.32. The molecule has 1 aromatic carbocycles. The van der Waals surface area contributed by atoms with Crippen molar-refractivity contribution in [2.24, 2.45) is 0 Å². The highest BCUT2D eigenvalue weighted by Gasteiger charge is 2.20. The topological polar surface area (TPSA) is 53.9 Å². The molecular formula is C23H26F3N5S. The zero-order valence-electron chi connectivity index (χ0n) is 18.2. The highest BCUT2D eigenvalue weighted by Crippen LogP contribution is 2.31. The zero-order valence-corrected chi connectivity index (χ0v) is 19.0. The molecule has 0 bridgehead atoms. The maximum absolute atomic E-state index is 14.5. The number of aryl methyl sites for hydroxylation is 2. The van der Waals surface area contributed by atoms with Gasteiger partial charge in [-0.1, -0.05) is 31.0 Å². The van der Waals surface area contributed by atoms with E-state index in [0.29, 0.717) is 17.3 Å². The number of rotatable bonds is 6. The van der Waals surface area contributed by atoms with Crippen molar-refractivity contribution < 1.29 is 13.2 Å². The highest BCUT2D eigenvalue weighted by atomic mass is 32.2. The van der Waals surface area contributed by atoms with Crippen molar-refractivity contribution in [3.63, 3.8) is 0 Å². The molecule has 0 radical (unpaired) electrons. The summed E-state index contributed by atoms with van der Waals surface area (Å²) in [6.45, 7) is 5.71. The van der Waals surface area contributed by atoms with Crippen LogP contribution in [0, 0.1) is 12.7 Å². The molecule has 1 aliphatic heterocycles. The molecule has 170 valence electrons. The highest BCUT2D eigenvalue weighted by molar-refractivity contribution is 8.14. The van der Waals surface area contributed by atoms with Crippen molar-refractivity contribution in [2.75, 3.05) is 34.8 Å². The van der Waals surface area contributed by atoms with Crippen molar-refractivity contribution in [3.05, 3.63) is 52.7 Å². The zero-order chi connectivity index (χ0) is 22.8. The van der Waals surface area contributed by atoms with Crippen LogP contribution >= 0.6 is 10.5 Å². The first-order valence-electron chi connectivity index (χ1n) is 10.6. The first-order chi connectivity index (χ1) is 15.4. The predicted octanol–water partition coefficient (Wildman–Crippen LogP) is 5.11. The summed E-state index contributed by atoms with van der Waals surface area (Å²) in [6, 6.07) is 6.07. The van der Waals surface area contributed by atoms with Crippen molar-refractivity contribution >= 4 is 38.9 Å². The average molecular weight is 462 g/mol. The van der Waals surface area contributed by atoms with E-state index in [-0.39, 0.29) is 22.6 Å². The Morgan fingerprint density at radius 2 is 1.94 bits per heavy atom. The number of halogens is 3. The molecule has 0 amide bonds. The standard InChI is InChI=1S/C23H26F3N5S/c1-4-18-19(31-8-10-32(3)11-9-31)12-17-22(28-14(2)29-23(17)30-18)27-13-15-6-5-7-16(20(15)24)21(25)26/h5-7,12,21H,3-4,8-11,13H2,1-2H3,(H,27,28,29,30). The number of pyridine rings is 1. The number of benzene rings is 1. The van der Waals surface area contributed by atoms with Gasteiger partial charge in [0.05, 0.1) is 22.3 Å². The van der Waals surface area contributed by atoms with Gasteiger partial charge in [0.2, 0.25) is 0 Å². The van der Waals surface area contributed by atoms with Crippen molar-refractivity contribution in [3.8, 4) is 0 Å². The van der Waals surface area contributed by atoms with Gasteiger partial charge in [-0.3, -0.25) is 0 Å². The Kier molecular flexibility index (Phi) is 6.64. The Balaban J connectivity index is 1.71. The molecule has 9 heteroatoms. The first-order valence-corrected chi connectivity index (χ1v) is 12.3. The lowest BCUT2D eigenvalue weighted by molar-refractivity contribution is 0.146. The summed E-state index contributed by atoms with van der Waals surface area (Å²) >= 11 is 0. The summed E-state index contributed by atoms with van der Waals surface area (Å²) in [7, 11) is 0.202. The second-order valence-corrected chi connectivity index (χ2v) is 9.82. The number of alkyl halides is 2. The molecule has 0 unspecified atom stereocenters. The maximum Gasteiger partial charge on any atom is 0.266 e. The normalized spacial score (nSPS) is 15.0. The van der Waals surface area contributed by atoms with Crippen LogP contribution in [-0.2, 0) is 13.0 Å². The molecule has 0 saturated carbocycles. The molecule has 3 heterocycles. The summed E-state index contributed by atoms with van der Waals surface area (Å²) in [5.41, 5.74) is 2.15. The molecule has 1 N–H and O–H groups in total. The molecule has 1 aliphatic rings. The van der Waals surface area contributed by atoms with Crippen LogP contribution in [0.15, 0.2) is 24.3 Å². The fourth-order valence-electron chi connectivity index (χ4n) is 3.88. The fourth-order valence-corrected chi connectivity index (χ4v) is 5.04. The van der Waals surface area contributed by atoms with E-state index in [1.54, 1.807) is 6.92 Å². The SMILES string of the molecule is C=S1CCN(c2cc3c(NCc4cccc(C(F)F)c4F)nc(C)nc3nc2CC)CC1. The minimum atomic E-state index is -2.86. The van der Waals surface area contributed by atoms with E-state index < -0.39 is 17.8 Å². The van der Waals surface area contributed by atoms with Crippen LogP contribution in [-0.4, -0.2) is 45.4 Å². The second-order valence-electron chi connectivity index (χ2n) is 7.78. The lowest BCUT2D eigenvalue weighted by Crippen LogP contribution is -2.34. The Bertz CT molecular complexity index is 1160. The van der Waals surface area contributed by atoms with E-state index in [9.17, 15) is 13.2 Å². The van der Waals surface area contributed by atoms with Gasteiger partial charge in [-0.05, 0) is 19.4 Å². The summed E-state index contributed by atoms with van der Waals surface area (Å²) in [4.78, 5) is 16.1. The van der Waals surface area contributed by atoms with Crippen LogP contribution in [0.3, 0.4) is 0 Å². The summed E-state index contributed by atoms with van der Waals surface area (Å²) in [5.74, 6) is 6.45. The molecule has 3 aromatic rings. The molecule has 0 aliphatic carbocycles. The second kappa shape index (κ2) is 9.44. The van der Waals surface area contributed by atoms with Crippen LogP contribution in [0.25, 0.3) is 11.0 Å². The molecule has 5 nitrogen and oxygen atoms in total. The predicted molar refractivity (Wildman–Crippen MR) is 127 cm³/mol. The van der Waals surface area contributed by atoms with Crippen molar-refractivity contribution in [1.29, 1.82) is 0 Å². The third-order valence-electron chi connectivity index (χ3n) is 5.62. The van der Waals surface area contributed by atoms with E-state index in [2.05, 4.69) is 33.0 Å². The van der Waals surface area contributed by atoms with E-state index in [1.807, 2.05) is 6.07 Å². The number of hydrogen-bond acceptors (Lipinski definition) is 5. The largest absolute Gasteiger partial charge is 0.368 e. The van der Waals surface area contributed by atoms with Gasteiger partial charge in [0.1, 0.15) is 17.5 Å². The van der Waals surface area contributed by atoms with Crippen molar-refractivity contribution in [1.82, 2.24) is 15.0 Å². The van der Waals surface area contributed by atoms with Crippen LogP contribution in [0.5, 0.6) is 0 Å². The Hall–Kier alpha value is -2.68. The van der Waals surface area contributed by atoms with E-state index in [1.165, 1.54) is 12.1 Å². The molecule has 1 saturated heterocycles. The molecule has 4 rings (SSSR count). The number of fused-ring (bicyclic) bond motifs is 1. The summed E-state index contributed by atoms with van der Waals surface area (Å²) in [5, 5.41) is 3.85. The van der Waals surface area contributed by atoms with Crippen LogP contribution in [0.1, 0.15) is 36.0 Å². The number of nitrogens with one attached hydrogen (secondary N) is 1. The van der Waals surface area contributed by atoms with Crippen molar-refractivity contribution in [2.45, 2.75) is 33.2 Å². The van der Waals surface area contributed by atoms with E-state index in [0.717, 1.165) is 53.8 Å². The monoisotopic (exact) mass is 461 g/mol. The van der Waals surface area contributed by atoms with Gasteiger partial charge in [-0.15, -0.1) is 0 Å². The summed E-state index contributed by atoms with van der Waals surface area (Å²) < 4.78 is 40.6. The number of aromatic nitrogens is 3. The molecule has 2 aromatic heterocycles. The smallest absolute Gasteiger partial charge is 0.266 e. The summed E-state index contributed by atoms with van der Waals surface area (Å²) in [6.07, 6.45) is -2.09. The average Bonchev–Trinajstić information content (AvgIpc) is 2.77. The number of nitrogens with zero attached hydrogens (tertiary/aromatic N) is 4. The Morgan fingerprint density at radius 1 is 1.19 bits per heavy atom. The minimum absolute atomic E-state index is 0.0246. The van der Waals surface area contributed by atoms with E-state index >= 15 is 0 Å². The van der Waals surface area contributed by atoms with Crippen LogP contribution < -0.4 is 10.2 Å². The number of hydrogen-bond donors (Lipinski definition) is 1. The minimum Gasteiger partial charge on any atom is -0.368 e. The fraction of sp³-hybridized carbons (Fsp3) is 0.391. The van der Waals surface area contributed by atoms with Gasteiger partial charge >= 0.3 is 0 Å². The molecule has 1 fully saturated rings. The van der Waals surface area contributed by atoms with Crippen LogP contribution in [0.4, 0.5) is 24.7 Å². The van der Waals surface area contributed by atoms with Gasteiger partial charge in [0.15, 0.2) is 5.65 Å².